The largest absolute Gasteiger partial charge is 0.380 e. The zero-order chi connectivity index (χ0) is 12.8. The van der Waals surface area contributed by atoms with Crippen LogP contribution in [0.2, 0.25) is 0 Å². The molecule has 2 aromatic rings. The molecule has 2 heteroatoms. The Hall–Kier alpha value is -1.64. The summed E-state index contributed by atoms with van der Waals surface area (Å²) >= 11 is 0. The van der Waals surface area contributed by atoms with Crippen LogP contribution in [0.5, 0.6) is 0 Å². The molecule has 0 aliphatic heterocycles. The maximum Gasteiger partial charge on any atom is 0.0733 e. The topological polar surface area (TPSA) is 35.2 Å². The Labute approximate surface area is 108 Å². The number of nitrogens with two attached hydrogens (primary N) is 1. The minimum absolute atomic E-state index is 0.104. The van der Waals surface area contributed by atoms with E-state index in [1.54, 1.807) is 7.11 Å². The summed E-state index contributed by atoms with van der Waals surface area (Å²) < 4.78 is 5.29. The summed E-state index contributed by atoms with van der Waals surface area (Å²) in [6.45, 7) is 0.553. The molecule has 0 radical (unpaired) electrons. The van der Waals surface area contributed by atoms with Gasteiger partial charge in [0.15, 0.2) is 0 Å². The first kappa shape index (κ1) is 12.8. The van der Waals surface area contributed by atoms with Gasteiger partial charge in [0.05, 0.1) is 6.10 Å². The van der Waals surface area contributed by atoms with Gasteiger partial charge in [0.25, 0.3) is 0 Å². The van der Waals surface area contributed by atoms with Gasteiger partial charge in [-0.05, 0) is 23.1 Å². The van der Waals surface area contributed by atoms with E-state index < -0.39 is 0 Å². The van der Waals surface area contributed by atoms with Crippen molar-refractivity contribution in [2.45, 2.75) is 12.5 Å². The fraction of sp³-hybridized carbons (Fsp3) is 0.250. The highest BCUT2D eigenvalue weighted by atomic mass is 16.5. The molecule has 0 saturated heterocycles. The number of methoxy groups -OCH3 is 1. The summed E-state index contributed by atoms with van der Waals surface area (Å²) in [6.07, 6.45) is 0.967. The maximum atomic E-state index is 5.63. The van der Waals surface area contributed by atoms with Crippen molar-refractivity contribution in [1.82, 2.24) is 0 Å². The van der Waals surface area contributed by atoms with Gasteiger partial charge in [0, 0.05) is 13.7 Å². The van der Waals surface area contributed by atoms with Crippen LogP contribution in [0, 0.1) is 0 Å². The van der Waals surface area contributed by atoms with Gasteiger partial charge in [0.1, 0.15) is 0 Å². The summed E-state index contributed by atoms with van der Waals surface area (Å²) in [5.41, 5.74) is 9.36. The minimum atomic E-state index is 0.104. The highest BCUT2D eigenvalue weighted by Gasteiger charge is 2.06. The van der Waals surface area contributed by atoms with Crippen LogP contribution in [0.25, 0.3) is 11.1 Å². The molecule has 0 aromatic heterocycles. The minimum Gasteiger partial charge on any atom is -0.380 e. The van der Waals surface area contributed by atoms with Crippen LogP contribution in [0.4, 0.5) is 0 Å². The molecule has 0 saturated carbocycles. The van der Waals surface area contributed by atoms with Crippen molar-refractivity contribution >= 4 is 0 Å². The van der Waals surface area contributed by atoms with E-state index in [-0.39, 0.29) is 6.10 Å². The highest BCUT2D eigenvalue weighted by Crippen LogP contribution is 2.19. The molecule has 1 atom stereocenters. The molecule has 2 aromatic carbocycles. The molecule has 0 heterocycles. The van der Waals surface area contributed by atoms with Crippen LogP contribution in [0.3, 0.4) is 0 Å². The first-order chi connectivity index (χ1) is 8.83. The third-order valence-corrected chi connectivity index (χ3v) is 3.12. The molecule has 18 heavy (non-hydrogen) atoms. The van der Waals surface area contributed by atoms with Crippen molar-refractivity contribution in [2.75, 3.05) is 13.7 Å². The lowest BCUT2D eigenvalue weighted by molar-refractivity contribution is 0.110. The second kappa shape index (κ2) is 6.34. The van der Waals surface area contributed by atoms with Gasteiger partial charge < -0.3 is 10.5 Å². The lowest BCUT2D eigenvalue weighted by Gasteiger charge is -2.13. The maximum absolute atomic E-state index is 5.63. The number of benzene rings is 2. The normalized spacial score (nSPS) is 12.3. The van der Waals surface area contributed by atoms with Crippen molar-refractivity contribution in [3.63, 3.8) is 0 Å². The highest BCUT2D eigenvalue weighted by molar-refractivity contribution is 5.63. The Morgan fingerprint density at radius 1 is 0.944 bits per heavy atom. The molecule has 0 fully saturated rings. The van der Waals surface area contributed by atoms with Gasteiger partial charge in [-0.25, -0.2) is 0 Å². The van der Waals surface area contributed by atoms with Gasteiger partial charge >= 0.3 is 0 Å². The van der Waals surface area contributed by atoms with Gasteiger partial charge in [0.2, 0.25) is 0 Å². The first-order valence-electron chi connectivity index (χ1n) is 6.20. The SMILES string of the molecule is CO[C@H](CN)Cc1ccc(-c2ccccc2)cc1. The number of hydrogen-bond acceptors (Lipinski definition) is 2. The van der Waals surface area contributed by atoms with E-state index in [0.29, 0.717) is 6.54 Å². The van der Waals surface area contributed by atoms with Crippen molar-refractivity contribution < 1.29 is 4.74 Å². The van der Waals surface area contributed by atoms with E-state index in [1.165, 1.54) is 16.7 Å². The van der Waals surface area contributed by atoms with E-state index in [1.807, 2.05) is 6.07 Å². The number of ether oxygens (including phenoxy) is 1. The molecule has 0 amide bonds. The predicted molar refractivity (Wildman–Crippen MR) is 75.4 cm³/mol. The molecule has 2 N–H and O–H groups in total. The number of hydrogen-bond donors (Lipinski definition) is 1. The molecule has 0 unspecified atom stereocenters. The monoisotopic (exact) mass is 241 g/mol. The molecule has 0 aliphatic rings. The third-order valence-electron chi connectivity index (χ3n) is 3.12. The van der Waals surface area contributed by atoms with Crippen LogP contribution in [-0.4, -0.2) is 19.8 Å². The summed E-state index contributed by atoms with van der Waals surface area (Å²) in [5, 5.41) is 0. The van der Waals surface area contributed by atoms with E-state index >= 15 is 0 Å². The lowest BCUT2D eigenvalue weighted by atomic mass is 10.0. The molecule has 0 aliphatic carbocycles. The van der Waals surface area contributed by atoms with Crippen molar-refractivity contribution in [3.05, 3.63) is 60.2 Å². The van der Waals surface area contributed by atoms with Crippen LogP contribution in [0.15, 0.2) is 54.6 Å². The van der Waals surface area contributed by atoms with Crippen LogP contribution in [-0.2, 0) is 11.2 Å². The predicted octanol–water partition coefficient (Wildman–Crippen LogP) is 2.87. The van der Waals surface area contributed by atoms with E-state index in [4.69, 9.17) is 10.5 Å². The Kier molecular flexibility index (Phi) is 4.51. The zero-order valence-electron chi connectivity index (χ0n) is 10.7. The average Bonchev–Trinajstić information content (AvgIpc) is 2.46. The first-order valence-corrected chi connectivity index (χ1v) is 6.20. The van der Waals surface area contributed by atoms with Crippen molar-refractivity contribution in [3.8, 4) is 11.1 Å². The second-order valence-corrected chi connectivity index (χ2v) is 4.36. The fourth-order valence-corrected chi connectivity index (χ4v) is 1.99. The summed E-state index contributed by atoms with van der Waals surface area (Å²) in [5.74, 6) is 0. The van der Waals surface area contributed by atoms with Crippen LogP contribution in [0.1, 0.15) is 5.56 Å². The van der Waals surface area contributed by atoms with Gasteiger partial charge in [-0.15, -0.1) is 0 Å². The van der Waals surface area contributed by atoms with E-state index in [2.05, 4.69) is 48.5 Å². The number of rotatable bonds is 5. The Morgan fingerprint density at radius 3 is 2.11 bits per heavy atom. The van der Waals surface area contributed by atoms with E-state index in [9.17, 15) is 0 Å². The summed E-state index contributed by atoms with van der Waals surface area (Å²) in [6, 6.07) is 19.0. The Balaban J connectivity index is 2.11. The zero-order valence-corrected chi connectivity index (χ0v) is 10.7. The van der Waals surface area contributed by atoms with Gasteiger partial charge in [-0.2, -0.15) is 0 Å². The van der Waals surface area contributed by atoms with Crippen molar-refractivity contribution in [2.24, 2.45) is 5.73 Å². The molecule has 0 bridgehead atoms. The summed E-state index contributed by atoms with van der Waals surface area (Å²) in [7, 11) is 1.70. The smallest absolute Gasteiger partial charge is 0.0733 e. The van der Waals surface area contributed by atoms with E-state index in [0.717, 1.165) is 6.42 Å². The lowest BCUT2D eigenvalue weighted by Crippen LogP contribution is -2.24. The average molecular weight is 241 g/mol. The van der Waals surface area contributed by atoms with Crippen LogP contribution >= 0.6 is 0 Å². The molecule has 0 spiro atoms. The van der Waals surface area contributed by atoms with Crippen LogP contribution < -0.4 is 5.73 Å². The molecular formula is C16H19NO. The molecule has 2 nitrogen and oxygen atoms in total. The molecular weight excluding hydrogens is 222 g/mol. The standard InChI is InChI=1S/C16H19NO/c1-18-16(12-17)11-13-7-9-15(10-8-13)14-5-3-2-4-6-14/h2-10,16H,11-12,17H2,1H3/t16-/m0/s1. The quantitative estimate of drug-likeness (QED) is 0.873. The molecule has 2 rings (SSSR count). The van der Waals surface area contributed by atoms with Gasteiger partial charge in [-0.3, -0.25) is 0 Å². The Morgan fingerprint density at radius 2 is 1.56 bits per heavy atom. The summed E-state index contributed by atoms with van der Waals surface area (Å²) in [4.78, 5) is 0. The molecule has 94 valence electrons. The fourth-order valence-electron chi connectivity index (χ4n) is 1.99. The Bertz CT molecular complexity index is 460. The van der Waals surface area contributed by atoms with Crippen molar-refractivity contribution in [1.29, 1.82) is 0 Å². The third kappa shape index (κ3) is 3.19. The van der Waals surface area contributed by atoms with Gasteiger partial charge in [-0.1, -0.05) is 54.6 Å². The second-order valence-electron chi connectivity index (χ2n) is 4.36.